The Hall–Kier alpha value is -1.52. The predicted octanol–water partition coefficient (Wildman–Crippen LogP) is 3.54. The topological polar surface area (TPSA) is 74.7 Å². The molecule has 0 aliphatic heterocycles. The maximum Gasteiger partial charge on any atom is 0.148 e. The number of rotatable bonds is 2. The van der Waals surface area contributed by atoms with Gasteiger partial charge in [0.2, 0.25) is 0 Å². The molecule has 2 aromatic rings. The molecule has 0 bridgehead atoms. The molecule has 4 nitrogen and oxygen atoms in total. The number of benzene rings is 1. The number of hydrogen-bond donors (Lipinski definition) is 2. The molecule has 2 rings (SSSR count). The van der Waals surface area contributed by atoms with Crippen molar-refractivity contribution in [2.75, 3.05) is 11.1 Å². The zero-order chi connectivity index (χ0) is 13.1. The maximum atomic E-state index is 9.01. The van der Waals surface area contributed by atoms with Gasteiger partial charge in [-0.05, 0) is 46.9 Å². The SMILES string of the molecule is N#Cc1cc(N)cnc1Nc1ccc(I)cc1Cl. The Morgan fingerprint density at radius 2 is 2.17 bits per heavy atom. The number of nitrogens with one attached hydrogen (secondary N) is 1. The zero-order valence-electron chi connectivity index (χ0n) is 9.11. The lowest BCUT2D eigenvalue weighted by atomic mass is 10.2. The summed E-state index contributed by atoms with van der Waals surface area (Å²) in [5.74, 6) is 0.440. The Labute approximate surface area is 123 Å². The second-order valence-corrected chi connectivity index (χ2v) is 5.18. The first-order valence-electron chi connectivity index (χ1n) is 4.98. The van der Waals surface area contributed by atoms with E-state index in [0.29, 0.717) is 27.8 Å². The van der Waals surface area contributed by atoms with E-state index in [1.807, 2.05) is 24.3 Å². The van der Waals surface area contributed by atoms with E-state index in [9.17, 15) is 0 Å². The Morgan fingerprint density at radius 3 is 2.83 bits per heavy atom. The van der Waals surface area contributed by atoms with Crippen LogP contribution in [0.1, 0.15) is 5.56 Å². The van der Waals surface area contributed by atoms with Gasteiger partial charge < -0.3 is 11.1 Å². The van der Waals surface area contributed by atoms with E-state index < -0.39 is 0 Å². The number of halogens is 2. The van der Waals surface area contributed by atoms with Gasteiger partial charge in [-0.3, -0.25) is 0 Å². The Morgan fingerprint density at radius 1 is 1.39 bits per heavy atom. The number of nitrogen functional groups attached to an aromatic ring is 1. The minimum absolute atomic E-state index is 0.379. The minimum atomic E-state index is 0.379. The van der Waals surface area contributed by atoms with Crippen LogP contribution in [0.2, 0.25) is 5.02 Å². The predicted molar refractivity (Wildman–Crippen MR) is 80.8 cm³/mol. The Balaban J connectivity index is 2.37. The van der Waals surface area contributed by atoms with Crippen LogP contribution < -0.4 is 11.1 Å². The van der Waals surface area contributed by atoms with Gasteiger partial charge >= 0.3 is 0 Å². The second-order valence-electron chi connectivity index (χ2n) is 3.53. The molecule has 1 aromatic carbocycles. The van der Waals surface area contributed by atoms with Crippen LogP contribution in [0.3, 0.4) is 0 Å². The number of aromatic nitrogens is 1. The molecule has 0 unspecified atom stereocenters. The van der Waals surface area contributed by atoms with Crippen molar-refractivity contribution >= 4 is 51.4 Å². The highest BCUT2D eigenvalue weighted by Gasteiger charge is 2.07. The smallest absolute Gasteiger partial charge is 0.148 e. The van der Waals surface area contributed by atoms with E-state index >= 15 is 0 Å². The molecular formula is C12H8ClIN4. The van der Waals surface area contributed by atoms with E-state index in [1.54, 1.807) is 6.07 Å². The van der Waals surface area contributed by atoms with Crippen molar-refractivity contribution in [1.82, 2.24) is 4.98 Å². The third kappa shape index (κ3) is 2.83. The summed E-state index contributed by atoms with van der Waals surface area (Å²) in [6.45, 7) is 0. The first kappa shape index (κ1) is 12.9. The standard InChI is InChI=1S/C12H8ClIN4/c13-10-4-8(14)1-2-11(10)18-12-7(5-15)3-9(16)6-17-12/h1-4,6H,16H2,(H,17,18). The molecule has 0 spiro atoms. The number of nitrogens with zero attached hydrogens (tertiary/aromatic N) is 2. The van der Waals surface area contributed by atoms with Crippen LogP contribution >= 0.6 is 34.2 Å². The van der Waals surface area contributed by atoms with Gasteiger partial charge in [0.1, 0.15) is 11.9 Å². The fourth-order valence-corrected chi connectivity index (χ4v) is 2.29. The molecule has 90 valence electrons. The molecule has 3 N–H and O–H groups in total. The lowest BCUT2D eigenvalue weighted by molar-refractivity contribution is 1.29. The first-order valence-corrected chi connectivity index (χ1v) is 6.43. The van der Waals surface area contributed by atoms with Crippen molar-refractivity contribution in [2.24, 2.45) is 0 Å². The molecule has 1 aromatic heterocycles. The summed E-state index contributed by atoms with van der Waals surface area (Å²) < 4.78 is 1.04. The van der Waals surface area contributed by atoms with Gasteiger partial charge in [0.25, 0.3) is 0 Å². The fraction of sp³-hybridized carbons (Fsp3) is 0. The highest BCUT2D eigenvalue weighted by molar-refractivity contribution is 14.1. The summed E-state index contributed by atoms with van der Waals surface area (Å²) in [6, 6.07) is 9.18. The van der Waals surface area contributed by atoms with Gasteiger partial charge in [-0.2, -0.15) is 5.26 Å². The molecule has 0 atom stereocenters. The summed E-state index contributed by atoms with van der Waals surface area (Å²) in [4.78, 5) is 4.09. The maximum absolute atomic E-state index is 9.01. The van der Waals surface area contributed by atoms with E-state index in [1.165, 1.54) is 6.20 Å². The lowest BCUT2D eigenvalue weighted by Crippen LogP contribution is -1.99. The van der Waals surface area contributed by atoms with Gasteiger partial charge in [-0.25, -0.2) is 4.98 Å². The number of pyridine rings is 1. The van der Waals surface area contributed by atoms with E-state index in [0.717, 1.165) is 3.57 Å². The van der Waals surface area contributed by atoms with Crippen molar-refractivity contribution in [3.05, 3.63) is 44.6 Å². The quantitative estimate of drug-likeness (QED) is 0.793. The fourth-order valence-electron chi connectivity index (χ4n) is 1.38. The van der Waals surface area contributed by atoms with Crippen molar-refractivity contribution in [3.63, 3.8) is 0 Å². The van der Waals surface area contributed by atoms with E-state index in [2.05, 4.69) is 32.9 Å². The Kier molecular flexibility index (Phi) is 3.89. The van der Waals surface area contributed by atoms with Crippen LogP contribution in [-0.2, 0) is 0 Å². The van der Waals surface area contributed by atoms with Crippen molar-refractivity contribution < 1.29 is 0 Å². The van der Waals surface area contributed by atoms with Gasteiger partial charge in [0, 0.05) is 3.57 Å². The molecule has 0 amide bonds. The average molecular weight is 371 g/mol. The van der Waals surface area contributed by atoms with Crippen LogP contribution in [0.25, 0.3) is 0 Å². The molecule has 0 saturated heterocycles. The first-order chi connectivity index (χ1) is 8.60. The largest absolute Gasteiger partial charge is 0.397 e. The molecule has 18 heavy (non-hydrogen) atoms. The summed E-state index contributed by atoms with van der Waals surface area (Å²) >= 11 is 8.28. The minimum Gasteiger partial charge on any atom is -0.397 e. The third-order valence-corrected chi connectivity index (χ3v) is 3.20. The van der Waals surface area contributed by atoms with Crippen LogP contribution in [0.5, 0.6) is 0 Å². The molecule has 1 heterocycles. The molecule has 6 heteroatoms. The van der Waals surface area contributed by atoms with Gasteiger partial charge in [0.15, 0.2) is 0 Å². The third-order valence-electron chi connectivity index (χ3n) is 2.21. The number of nitriles is 1. The van der Waals surface area contributed by atoms with Gasteiger partial charge in [-0.1, -0.05) is 11.6 Å². The normalized spacial score (nSPS) is 9.83. The number of hydrogen-bond acceptors (Lipinski definition) is 4. The molecule has 0 radical (unpaired) electrons. The van der Waals surface area contributed by atoms with Crippen molar-refractivity contribution in [3.8, 4) is 6.07 Å². The van der Waals surface area contributed by atoms with Gasteiger partial charge in [-0.15, -0.1) is 0 Å². The van der Waals surface area contributed by atoms with Crippen LogP contribution in [0.15, 0.2) is 30.5 Å². The monoisotopic (exact) mass is 370 g/mol. The van der Waals surface area contributed by atoms with Gasteiger partial charge in [0.05, 0.1) is 28.2 Å². The van der Waals surface area contributed by atoms with Crippen molar-refractivity contribution in [1.29, 1.82) is 5.26 Å². The average Bonchev–Trinajstić information content (AvgIpc) is 2.34. The molecule has 0 fully saturated rings. The van der Waals surface area contributed by atoms with E-state index in [-0.39, 0.29) is 0 Å². The van der Waals surface area contributed by atoms with Crippen LogP contribution in [0, 0.1) is 14.9 Å². The summed E-state index contributed by atoms with van der Waals surface area (Å²) in [7, 11) is 0. The molecule has 0 aliphatic rings. The summed E-state index contributed by atoms with van der Waals surface area (Å²) in [5.41, 5.74) is 7.11. The second kappa shape index (κ2) is 5.42. The highest BCUT2D eigenvalue weighted by Crippen LogP contribution is 2.27. The van der Waals surface area contributed by atoms with E-state index in [4.69, 9.17) is 22.6 Å². The summed E-state index contributed by atoms with van der Waals surface area (Å²) in [5, 5.41) is 12.6. The number of anilines is 3. The van der Waals surface area contributed by atoms with Crippen LogP contribution in [-0.4, -0.2) is 4.98 Å². The Bertz CT molecular complexity index is 636. The molecule has 0 aliphatic carbocycles. The molecule has 0 saturated carbocycles. The molecular weight excluding hydrogens is 363 g/mol. The highest BCUT2D eigenvalue weighted by atomic mass is 127. The summed E-state index contributed by atoms with van der Waals surface area (Å²) in [6.07, 6.45) is 1.49. The number of nitrogens with two attached hydrogens (primary N) is 1. The lowest BCUT2D eigenvalue weighted by Gasteiger charge is -2.09. The van der Waals surface area contributed by atoms with Crippen LogP contribution in [0.4, 0.5) is 17.2 Å². The van der Waals surface area contributed by atoms with Crippen molar-refractivity contribution in [2.45, 2.75) is 0 Å². The zero-order valence-corrected chi connectivity index (χ0v) is 12.0.